The van der Waals surface area contributed by atoms with Crippen LogP contribution in [0.4, 0.5) is 0 Å². The summed E-state index contributed by atoms with van der Waals surface area (Å²) in [4.78, 5) is 21.3. The summed E-state index contributed by atoms with van der Waals surface area (Å²) in [5, 5.41) is 19.7. The molecule has 0 fully saturated rings. The van der Waals surface area contributed by atoms with E-state index in [9.17, 15) is 9.59 Å². The molecule has 0 aliphatic heterocycles. The van der Waals surface area contributed by atoms with Gasteiger partial charge in [0.05, 0.1) is 0 Å². The average molecular weight is 286 g/mol. The Morgan fingerprint density at radius 3 is 1.81 bits per heavy atom. The topological polar surface area (TPSA) is 74.6 Å². The second kappa shape index (κ2) is 6.88. The van der Waals surface area contributed by atoms with Crippen LogP contribution in [0, 0.1) is 0 Å². The van der Waals surface area contributed by atoms with E-state index in [1.807, 2.05) is 36.4 Å². The first-order valence-corrected chi connectivity index (χ1v) is 7.01. The summed E-state index contributed by atoms with van der Waals surface area (Å²) in [5.74, 6) is -1.58. The Labute approximate surface area is 123 Å². The monoisotopic (exact) mass is 286 g/mol. The summed E-state index contributed by atoms with van der Waals surface area (Å²) < 4.78 is 0. The van der Waals surface area contributed by atoms with Crippen LogP contribution in [0.2, 0.25) is 0 Å². The molecule has 2 rings (SSSR count). The molecule has 4 nitrogen and oxygen atoms in total. The van der Waals surface area contributed by atoms with Gasteiger partial charge >= 0.3 is 11.9 Å². The molecule has 0 aliphatic carbocycles. The highest BCUT2D eigenvalue weighted by molar-refractivity contribution is 5.89. The summed E-state index contributed by atoms with van der Waals surface area (Å²) in [6, 6.07) is 11.8. The summed E-state index contributed by atoms with van der Waals surface area (Å²) in [7, 11) is 0. The minimum atomic E-state index is -0.801. The summed E-state index contributed by atoms with van der Waals surface area (Å²) in [5.41, 5.74) is 2.14. The quantitative estimate of drug-likeness (QED) is 0.819. The lowest BCUT2D eigenvalue weighted by molar-refractivity contribution is -0.138. The van der Waals surface area contributed by atoms with Crippen molar-refractivity contribution in [3.63, 3.8) is 0 Å². The predicted octanol–water partition coefficient (Wildman–Crippen LogP) is 3.26. The van der Waals surface area contributed by atoms with E-state index in [1.54, 1.807) is 0 Å². The number of aryl methyl sites for hydroxylation is 2. The second-order valence-electron chi connectivity index (χ2n) is 5.07. The fourth-order valence-electron chi connectivity index (χ4n) is 2.53. The Balaban J connectivity index is 2.26. The fraction of sp³-hybridized carbons (Fsp3) is 0.294. The van der Waals surface area contributed by atoms with E-state index in [0.29, 0.717) is 19.3 Å². The van der Waals surface area contributed by atoms with Gasteiger partial charge < -0.3 is 10.2 Å². The molecule has 0 amide bonds. The van der Waals surface area contributed by atoms with Gasteiger partial charge in [0.15, 0.2) is 0 Å². The summed E-state index contributed by atoms with van der Waals surface area (Å²) in [6.45, 7) is 0. The number of rotatable bonds is 7. The van der Waals surface area contributed by atoms with Crippen LogP contribution in [0.3, 0.4) is 0 Å². The van der Waals surface area contributed by atoms with Gasteiger partial charge in [-0.25, -0.2) is 0 Å². The number of hydrogen-bond donors (Lipinski definition) is 2. The molecule has 0 spiro atoms. The number of fused-ring (bicyclic) bond motifs is 1. The molecule has 21 heavy (non-hydrogen) atoms. The van der Waals surface area contributed by atoms with E-state index in [0.717, 1.165) is 21.9 Å². The van der Waals surface area contributed by atoms with E-state index in [4.69, 9.17) is 10.2 Å². The second-order valence-corrected chi connectivity index (χ2v) is 5.07. The van der Waals surface area contributed by atoms with Crippen LogP contribution in [0.5, 0.6) is 0 Å². The van der Waals surface area contributed by atoms with Gasteiger partial charge in [-0.05, 0) is 41.2 Å². The molecule has 0 saturated heterocycles. The van der Waals surface area contributed by atoms with Crippen LogP contribution in [-0.4, -0.2) is 22.2 Å². The van der Waals surface area contributed by atoms with Gasteiger partial charge in [-0.15, -0.1) is 0 Å². The van der Waals surface area contributed by atoms with Crippen molar-refractivity contribution < 1.29 is 19.8 Å². The normalized spacial score (nSPS) is 10.7. The number of carboxylic acids is 2. The number of hydrogen-bond acceptors (Lipinski definition) is 2. The van der Waals surface area contributed by atoms with Crippen molar-refractivity contribution in [3.8, 4) is 0 Å². The fourth-order valence-corrected chi connectivity index (χ4v) is 2.53. The van der Waals surface area contributed by atoms with Crippen LogP contribution in [0.25, 0.3) is 10.8 Å². The van der Waals surface area contributed by atoms with E-state index in [-0.39, 0.29) is 12.8 Å². The molecule has 4 heteroatoms. The van der Waals surface area contributed by atoms with Gasteiger partial charge in [-0.1, -0.05) is 36.4 Å². The predicted molar refractivity (Wildman–Crippen MR) is 80.5 cm³/mol. The van der Waals surface area contributed by atoms with Crippen molar-refractivity contribution >= 4 is 22.7 Å². The summed E-state index contributed by atoms with van der Waals surface area (Å²) in [6.07, 6.45) is 2.10. The van der Waals surface area contributed by atoms with Crippen LogP contribution in [0.15, 0.2) is 36.4 Å². The van der Waals surface area contributed by atoms with Crippen LogP contribution >= 0.6 is 0 Å². The molecule has 0 unspecified atom stereocenters. The minimum Gasteiger partial charge on any atom is -0.481 e. The Bertz CT molecular complexity index is 661. The third-order valence-electron chi connectivity index (χ3n) is 3.55. The molecule has 2 aromatic rings. The van der Waals surface area contributed by atoms with Gasteiger partial charge in [-0.3, -0.25) is 9.59 Å². The van der Waals surface area contributed by atoms with Crippen molar-refractivity contribution in [2.75, 3.05) is 0 Å². The first-order valence-electron chi connectivity index (χ1n) is 7.01. The zero-order valence-electron chi connectivity index (χ0n) is 11.7. The maximum Gasteiger partial charge on any atom is 0.303 e. The zero-order valence-corrected chi connectivity index (χ0v) is 11.7. The highest BCUT2D eigenvalue weighted by atomic mass is 16.4. The molecular formula is C17H18O4. The van der Waals surface area contributed by atoms with Gasteiger partial charge in [0.2, 0.25) is 0 Å². The molecule has 0 bridgehead atoms. The SMILES string of the molecule is O=C(O)CCCc1ccc(CCC(=O)O)c2ccccc12. The average Bonchev–Trinajstić information content (AvgIpc) is 2.45. The highest BCUT2D eigenvalue weighted by Crippen LogP contribution is 2.25. The zero-order chi connectivity index (χ0) is 15.2. The number of benzene rings is 2. The van der Waals surface area contributed by atoms with Gasteiger partial charge in [0.1, 0.15) is 0 Å². The van der Waals surface area contributed by atoms with Gasteiger partial charge in [0.25, 0.3) is 0 Å². The number of aliphatic carboxylic acids is 2. The van der Waals surface area contributed by atoms with Crippen molar-refractivity contribution in [2.45, 2.75) is 32.1 Å². The molecule has 110 valence electrons. The third kappa shape index (κ3) is 4.05. The van der Waals surface area contributed by atoms with Gasteiger partial charge in [0, 0.05) is 12.8 Å². The van der Waals surface area contributed by atoms with Crippen LogP contribution < -0.4 is 0 Å². The lowest BCUT2D eigenvalue weighted by Crippen LogP contribution is -2.00. The Hall–Kier alpha value is -2.36. The first-order chi connectivity index (χ1) is 10.1. The van der Waals surface area contributed by atoms with E-state index in [2.05, 4.69) is 0 Å². The molecule has 0 radical (unpaired) electrons. The minimum absolute atomic E-state index is 0.113. The molecule has 0 aliphatic rings. The van der Waals surface area contributed by atoms with Crippen molar-refractivity contribution in [3.05, 3.63) is 47.5 Å². The van der Waals surface area contributed by atoms with Crippen LogP contribution in [-0.2, 0) is 22.4 Å². The maximum absolute atomic E-state index is 10.7. The van der Waals surface area contributed by atoms with E-state index < -0.39 is 11.9 Å². The molecule has 2 aromatic carbocycles. The largest absolute Gasteiger partial charge is 0.481 e. The lowest BCUT2D eigenvalue weighted by Gasteiger charge is -2.10. The third-order valence-corrected chi connectivity index (χ3v) is 3.55. The van der Waals surface area contributed by atoms with Crippen molar-refractivity contribution in [1.82, 2.24) is 0 Å². The maximum atomic E-state index is 10.7. The molecule has 0 heterocycles. The molecular weight excluding hydrogens is 268 g/mol. The van der Waals surface area contributed by atoms with E-state index >= 15 is 0 Å². The van der Waals surface area contributed by atoms with Crippen LogP contribution in [0.1, 0.15) is 30.4 Å². The highest BCUT2D eigenvalue weighted by Gasteiger charge is 2.08. The Morgan fingerprint density at radius 1 is 0.762 bits per heavy atom. The molecule has 0 saturated carbocycles. The summed E-state index contributed by atoms with van der Waals surface area (Å²) >= 11 is 0. The molecule has 0 atom stereocenters. The molecule has 2 N–H and O–H groups in total. The Morgan fingerprint density at radius 2 is 1.29 bits per heavy atom. The standard InChI is InChI=1S/C17H18O4/c18-16(19)7-3-4-12-8-9-13(10-11-17(20)21)15-6-2-1-5-14(12)15/h1-2,5-6,8-9H,3-4,7,10-11H2,(H,18,19)(H,20,21). The lowest BCUT2D eigenvalue weighted by atomic mass is 9.94. The van der Waals surface area contributed by atoms with E-state index in [1.165, 1.54) is 0 Å². The molecule has 0 aromatic heterocycles. The van der Waals surface area contributed by atoms with Crippen molar-refractivity contribution in [2.24, 2.45) is 0 Å². The Kier molecular flexibility index (Phi) is 4.93. The first kappa shape index (κ1) is 15.0. The van der Waals surface area contributed by atoms with Gasteiger partial charge in [-0.2, -0.15) is 0 Å². The number of carboxylic acid groups (broad SMARTS) is 2. The number of carbonyl (C=O) groups is 2. The van der Waals surface area contributed by atoms with Crippen molar-refractivity contribution in [1.29, 1.82) is 0 Å². The smallest absolute Gasteiger partial charge is 0.303 e.